The summed E-state index contributed by atoms with van der Waals surface area (Å²) in [6.07, 6.45) is 2.13. The molecule has 1 unspecified atom stereocenters. The number of benzene rings is 1. The van der Waals surface area contributed by atoms with Gasteiger partial charge in [-0.15, -0.1) is 11.3 Å². The first-order chi connectivity index (χ1) is 10.3. The number of nitrogens with one attached hydrogen (secondary N) is 1. The molecule has 2 heterocycles. The minimum absolute atomic E-state index is 0.229. The van der Waals surface area contributed by atoms with Crippen molar-refractivity contribution < 1.29 is 0 Å². The number of nitrogen functional groups attached to an aromatic ring is 1. The van der Waals surface area contributed by atoms with Crippen LogP contribution in [0.5, 0.6) is 0 Å². The maximum Gasteiger partial charge on any atom is 0.170 e. The lowest BCUT2D eigenvalue weighted by atomic mass is 10.1. The molecule has 1 atom stereocenters. The molecule has 108 valence electrons. The fraction of sp³-hybridized carbons (Fsp3) is 0.250. The van der Waals surface area contributed by atoms with E-state index in [1.165, 1.54) is 4.88 Å². The molecule has 4 nitrogen and oxygen atoms in total. The molecule has 0 aliphatic heterocycles. The number of rotatable bonds is 5. The van der Waals surface area contributed by atoms with Gasteiger partial charge in [0.05, 0.1) is 17.1 Å². The Morgan fingerprint density at radius 1 is 1.14 bits per heavy atom. The second-order valence-electron chi connectivity index (χ2n) is 4.95. The molecule has 0 radical (unpaired) electrons. The van der Waals surface area contributed by atoms with E-state index in [2.05, 4.69) is 39.7 Å². The first-order valence-electron chi connectivity index (χ1n) is 7.10. The van der Waals surface area contributed by atoms with E-state index in [0.29, 0.717) is 11.6 Å². The van der Waals surface area contributed by atoms with Crippen molar-refractivity contribution in [3.8, 4) is 0 Å². The highest BCUT2D eigenvalue weighted by molar-refractivity contribution is 7.10. The molecular formula is C16H18N4S. The number of nitrogens with two attached hydrogens (primary N) is 1. The summed E-state index contributed by atoms with van der Waals surface area (Å²) in [6, 6.07) is 12.2. The molecule has 0 aliphatic carbocycles. The van der Waals surface area contributed by atoms with Gasteiger partial charge in [-0.05, 0) is 30.0 Å². The highest BCUT2D eigenvalue weighted by Gasteiger charge is 2.15. The summed E-state index contributed by atoms with van der Waals surface area (Å²) in [5.41, 5.74) is 7.73. The fourth-order valence-corrected chi connectivity index (χ4v) is 3.16. The maximum absolute atomic E-state index is 6.05. The average Bonchev–Trinajstić information content (AvgIpc) is 3.01. The Morgan fingerprint density at radius 3 is 2.57 bits per heavy atom. The van der Waals surface area contributed by atoms with Crippen LogP contribution in [0.1, 0.15) is 30.7 Å². The van der Waals surface area contributed by atoms with E-state index in [1.54, 1.807) is 11.3 Å². The van der Waals surface area contributed by atoms with Gasteiger partial charge >= 0.3 is 0 Å². The van der Waals surface area contributed by atoms with E-state index < -0.39 is 0 Å². The standard InChI is InChI=1S/C16H18N4S/c1-2-6-13(14-9-5-10-21-14)20-16-15(17)18-11-7-3-4-8-12(11)19-16/h3-5,7-10,13H,2,6H2,1H3,(H2,17,18)(H,19,20). The molecule has 2 aromatic heterocycles. The summed E-state index contributed by atoms with van der Waals surface area (Å²) in [6.45, 7) is 2.18. The quantitative estimate of drug-likeness (QED) is 0.740. The van der Waals surface area contributed by atoms with Crippen LogP contribution < -0.4 is 11.1 Å². The van der Waals surface area contributed by atoms with E-state index in [4.69, 9.17) is 5.73 Å². The van der Waals surface area contributed by atoms with Crippen molar-refractivity contribution in [3.05, 3.63) is 46.7 Å². The van der Waals surface area contributed by atoms with Crippen LogP contribution in [0.4, 0.5) is 11.6 Å². The Morgan fingerprint density at radius 2 is 1.90 bits per heavy atom. The second-order valence-corrected chi connectivity index (χ2v) is 5.93. The number of thiophene rings is 1. The largest absolute Gasteiger partial charge is 0.381 e. The summed E-state index contributed by atoms with van der Waals surface area (Å²) in [5, 5.41) is 5.55. The van der Waals surface area contributed by atoms with Gasteiger partial charge in [-0.25, -0.2) is 9.97 Å². The molecule has 0 amide bonds. The van der Waals surface area contributed by atoms with Crippen LogP contribution in [0.25, 0.3) is 11.0 Å². The monoisotopic (exact) mass is 298 g/mol. The Hall–Kier alpha value is -2.14. The van der Waals surface area contributed by atoms with Crippen molar-refractivity contribution in [1.82, 2.24) is 9.97 Å². The third-order valence-electron chi connectivity index (χ3n) is 3.37. The van der Waals surface area contributed by atoms with Crippen LogP contribution in [-0.4, -0.2) is 9.97 Å². The molecule has 0 aliphatic rings. The molecule has 3 rings (SSSR count). The van der Waals surface area contributed by atoms with Gasteiger partial charge in [-0.2, -0.15) is 0 Å². The predicted octanol–water partition coefficient (Wildman–Crippen LogP) is 4.23. The number of anilines is 2. The van der Waals surface area contributed by atoms with Crippen molar-refractivity contribution in [2.45, 2.75) is 25.8 Å². The van der Waals surface area contributed by atoms with Gasteiger partial charge in [0.1, 0.15) is 0 Å². The minimum atomic E-state index is 0.229. The lowest BCUT2D eigenvalue weighted by Crippen LogP contribution is -2.13. The van der Waals surface area contributed by atoms with Crippen molar-refractivity contribution in [1.29, 1.82) is 0 Å². The van der Waals surface area contributed by atoms with E-state index in [9.17, 15) is 0 Å². The zero-order valence-electron chi connectivity index (χ0n) is 11.9. The predicted molar refractivity (Wildman–Crippen MR) is 89.5 cm³/mol. The molecule has 1 aromatic carbocycles. The molecule has 5 heteroatoms. The van der Waals surface area contributed by atoms with Crippen molar-refractivity contribution >= 4 is 34.0 Å². The van der Waals surface area contributed by atoms with Gasteiger partial charge in [0.2, 0.25) is 0 Å². The van der Waals surface area contributed by atoms with Gasteiger partial charge in [0.15, 0.2) is 11.6 Å². The smallest absolute Gasteiger partial charge is 0.170 e. The van der Waals surface area contributed by atoms with Crippen molar-refractivity contribution in [3.63, 3.8) is 0 Å². The second kappa shape index (κ2) is 6.10. The Balaban J connectivity index is 1.93. The highest BCUT2D eigenvalue weighted by atomic mass is 32.1. The van der Waals surface area contributed by atoms with E-state index in [1.807, 2.05) is 24.3 Å². The van der Waals surface area contributed by atoms with Gasteiger partial charge in [0.25, 0.3) is 0 Å². The molecular weight excluding hydrogens is 280 g/mol. The topological polar surface area (TPSA) is 63.8 Å². The number of aromatic nitrogens is 2. The normalized spacial score (nSPS) is 12.4. The number of hydrogen-bond acceptors (Lipinski definition) is 5. The van der Waals surface area contributed by atoms with Gasteiger partial charge in [0, 0.05) is 4.88 Å². The summed E-state index contributed by atoms with van der Waals surface area (Å²) in [4.78, 5) is 10.3. The van der Waals surface area contributed by atoms with Crippen molar-refractivity contribution in [2.24, 2.45) is 0 Å². The third kappa shape index (κ3) is 2.97. The van der Waals surface area contributed by atoms with E-state index >= 15 is 0 Å². The fourth-order valence-electron chi connectivity index (χ4n) is 2.35. The minimum Gasteiger partial charge on any atom is -0.381 e. The van der Waals surface area contributed by atoms with Gasteiger partial charge in [-0.1, -0.05) is 31.5 Å². The Labute approximate surface area is 128 Å². The van der Waals surface area contributed by atoms with Crippen LogP contribution in [0, 0.1) is 0 Å². The number of nitrogens with zero attached hydrogens (tertiary/aromatic N) is 2. The summed E-state index contributed by atoms with van der Waals surface area (Å²) < 4.78 is 0. The third-order valence-corrected chi connectivity index (χ3v) is 4.36. The molecule has 0 saturated carbocycles. The number of hydrogen-bond donors (Lipinski definition) is 2. The molecule has 0 saturated heterocycles. The average molecular weight is 298 g/mol. The maximum atomic E-state index is 6.05. The number of para-hydroxylation sites is 2. The van der Waals surface area contributed by atoms with E-state index in [-0.39, 0.29) is 6.04 Å². The molecule has 21 heavy (non-hydrogen) atoms. The number of fused-ring (bicyclic) bond motifs is 1. The van der Waals surface area contributed by atoms with Crippen LogP contribution in [-0.2, 0) is 0 Å². The lowest BCUT2D eigenvalue weighted by Gasteiger charge is -2.18. The van der Waals surface area contributed by atoms with E-state index in [0.717, 1.165) is 23.9 Å². The van der Waals surface area contributed by atoms with Crippen LogP contribution in [0.3, 0.4) is 0 Å². The first kappa shape index (κ1) is 13.8. The van der Waals surface area contributed by atoms with Crippen LogP contribution >= 0.6 is 11.3 Å². The molecule has 3 N–H and O–H groups in total. The molecule has 0 spiro atoms. The van der Waals surface area contributed by atoms with Gasteiger partial charge in [-0.3, -0.25) is 0 Å². The molecule has 0 bridgehead atoms. The highest BCUT2D eigenvalue weighted by Crippen LogP contribution is 2.29. The van der Waals surface area contributed by atoms with Gasteiger partial charge < -0.3 is 11.1 Å². The Kier molecular flexibility index (Phi) is 4.01. The molecule has 3 aromatic rings. The summed E-state index contributed by atoms with van der Waals surface area (Å²) >= 11 is 1.75. The zero-order valence-corrected chi connectivity index (χ0v) is 12.7. The lowest BCUT2D eigenvalue weighted by molar-refractivity contribution is 0.685. The SMILES string of the molecule is CCCC(Nc1nc2ccccc2nc1N)c1cccs1. The summed E-state index contributed by atoms with van der Waals surface area (Å²) in [5.74, 6) is 1.12. The zero-order chi connectivity index (χ0) is 14.7. The Bertz CT molecular complexity index is 724. The molecule has 0 fully saturated rings. The van der Waals surface area contributed by atoms with Crippen LogP contribution in [0.15, 0.2) is 41.8 Å². The van der Waals surface area contributed by atoms with Crippen molar-refractivity contribution in [2.75, 3.05) is 11.1 Å². The summed E-state index contributed by atoms with van der Waals surface area (Å²) in [7, 11) is 0. The van der Waals surface area contributed by atoms with Crippen LogP contribution in [0.2, 0.25) is 0 Å². The first-order valence-corrected chi connectivity index (χ1v) is 7.98.